The first-order valence-corrected chi connectivity index (χ1v) is 5.78. The van der Waals surface area contributed by atoms with Crippen molar-refractivity contribution >= 4 is 0 Å². The highest BCUT2D eigenvalue weighted by Gasteiger charge is 2.33. The first-order valence-electron chi connectivity index (χ1n) is 5.78. The average molecular weight is 233 g/mol. The van der Waals surface area contributed by atoms with Crippen molar-refractivity contribution in [2.45, 2.75) is 18.4 Å². The molecule has 1 aliphatic heterocycles. The van der Waals surface area contributed by atoms with Crippen LogP contribution in [0.15, 0.2) is 24.3 Å². The molecule has 1 aromatic rings. The molecule has 0 unspecified atom stereocenters. The van der Waals surface area contributed by atoms with Crippen LogP contribution in [0.2, 0.25) is 0 Å². The van der Waals surface area contributed by atoms with Crippen LogP contribution in [-0.2, 0) is 5.60 Å². The third-order valence-corrected chi connectivity index (χ3v) is 3.38. The van der Waals surface area contributed by atoms with Gasteiger partial charge in [0.15, 0.2) is 0 Å². The van der Waals surface area contributed by atoms with E-state index >= 15 is 0 Å². The van der Waals surface area contributed by atoms with Gasteiger partial charge in [0.1, 0.15) is 5.82 Å². The fraction of sp³-hybridized carbons (Fsp3) is 0.429. The zero-order chi connectivity index (χ0) is 12.3. The summed E-state index contributed by atoms with van der Waals surface area (Å²) in [5.74, 6) is 2.33. The lowest BCUT2D eigenvalue weighted by atomic mass is 9.84. The molecule has 1 heterocycles. The molecular formula is C14H16FNO. The first-order chi connectivity index (χ1) is 8.14. The van der Waals surface area contributed by atoms with Crippen molar-refractivity contribution in [3.8, 4) is 12.3 Å². The van der Waals surface area contributed by atoms with Crippen LogP contribution in [0.1, 0.15) is 18.4 Å². The summed E-state index contributed by atoms with van der Waals surface area (Å²) >= 11 is 0. The van der Waals surface area contributed by atoms with Crippen LogP contribution in [0.25, 0.3) is 0 Å². The van der Waals surface area contributed by atoms with Crippen molar-refractivity contribution in [2.75, 3.05) is 19.6 Å². The number of hydrogen-bond acceptors (Lipinski definition) is 2. The topological polar surface area (TPSA) is 23.5 Å². The predicted octanol–water partition coefficient (Wildman–Crippen LogP) is 1.74. The van der Waals surface area contributed by atoms with Crippen LogP contribution in [0.5, 0.6) is 0 Å². The maximum absolute atomic E-state index is 12.8. The fourth-order valence-electron chi connectivity index (χ4n) is 2.26. The number of likely N-dealkylation sites (tertiary alicyclic amines) is 1. The van der Waals surface area contributed by atoms with Gasteiger partial charge in [0.2, 0.25) is 0 Å². The molecule has 0 aliphatic carbocycles. The maximum Gasteiger partial charge on any atom is 0.123 e. The Kier molecular flexibility index (Phi) is 3.46. The number of hydrogen-bond donors (Lipinski definition) is 1. The lowest BCUT2D eigenvalue weighted by Gasteiger charge is -2.37. The molecule has 0 amide bonds. The monoisotopic (exact) mass is 233 g/mol. The normalized spacial score (nSPS) is 19.8. The highest BCUT2D eigenvalue weighted by molar-refractivity contribution is 5.23. The smallest absolute Gasteiger partial charge is 0.123 e. The second kappa shape index (κ2) is 4.87. The molecule has 0 aromatic heterocycles. The Morgan fingerprint density at radius 1 is 1.29 bits per heavy atom. The van der Waals surface area contributed by atoms with E-state index in [2.05, 4.69) is 10.8 Å². The van der Waals surface area contributed by atoms with E-state index in [-0.39, 0.29) is 5.82 Å². The SMILES string of the molecule is C#CCN1CCC(O)(c2ccc(F)cc2)CC1. The number of nitrogens with zero attached hydrogens (tertiary/aromatic N) is 1. The molecule has 90 valence electrons. The van der Waals surface area contributed by atoms with Crippen molar-refractivity contribution in [3.05, 3.63) is 35.6 Å². The van der Waals surface area contributed by atoms with Crippen molar-refractivity contribution in [1.29, 1.82) is 0 Å². The fourth-order valence-corrected chi connectivity index (χ4v) is 2.26. The second-order valence-electron chi connectivity index (χ2n) is 4.52. The summed E-state index contributed by atoms with van der Waals surface area (Å²) in [6.45, 7) is 2.18. The minimum Gasteiger partial charge on any atom is -0.385 e. The molecule has 17 heavy (non-hydrogen) atoms. The molecule has 0 spiro atoms. The molecule has 0 saturated carbocycles. The molecular weight excluding hydrogens is 217 g/mol. The van der Waals surface area contributed by atoms with Crippen LogP contribution in [0.4, 0.5) is 4.39 Å². The van der Waals surface area contributed by atoms with Crippen LogP contribution >= 0.6 is 0 Å². The second-order valence-corrected chi connectivity index (χ2v) is 4.52. The van der Waals surface area contributed by atoms with Crippen LogP contribution in [-0.4, -0.2) is 29.6 Å². The Hall–Kier alpha value is -1.37. The molecule has 3 heteroatoms. The maximum atomic E-state index is 12.8. The van der Waals surface area contributed by atoms with Crippen molar-refractivity contribution < 1.29 is 9.50 Å². The van der Waals surface area contributed by atoms with E-state index in [9.17, 15) is 9.50 Å². The van der Waals surface area contributed by atoms with Gasteiger partial charge in [-0.25, -0.2) is 4.39 Å². The van der Waals surface area contributed by atoms with Gasteiger partial charge in [-0.05, 0) is 30.5 Å². The summed E-state index contributed by atoms with van der Waals surface area (Å²) in [5.41, 5.74) is -0.0435. The first kappa shape index (κ1) is 12.1. The summed E-state index contributed by atoms with van der Waals surface area (Å²) < 4.78 is 12.8. The number of terminal acetylenes is 1. The minimum atomic E-state index is -0.835. The lowest BCUT2D eigenvalue weighted by Crippen LogP contribution is -2.42. The van der Waals surface area contributed by atoms with Gasteiger partial charge >= 0.3 is 0 Å². The van der Waals surface area contributed by atoms with E-state index in [1.807, 2.05) is 0 Å². The molecule has 0 atom stereocenters. The van der Waals surface area contributed by atoms with E-state index in [0.717, 1.165) is 18.7 Å². The standard InChI is InChI=1S/C14H16FNO/c1-2-9-16-10-7-14(17,8-11-16)12-3-5-13(15)6-4-12/h1,3-6,17H,7-11H2. The number of benzene rings is 1. The Labute approximate surface area is 101 Å². The van der Waals surface area contributed by atoms with Crippen molar-refractivity contribution in [3.63, 3.8) is 0 Å². The summed E-state index contributed by atoms with van der Waals surface area (Å²) in [6.07, 6.45) is 6.54. The largest absolute Gasteiger partial charge is 0.385 e. The molecule has 2 nitrogen and oxygen atoms in total. The van der Waals surface area contributed by atoms with Gasteiger partial charge in [0.05, 0.1) is 12.1 Å². The molecule has 0 radical (unpaired) electrons. The van der Waals surface area contributed by atoms with Gasteiger partial charge in [0.25, 0.3) is 0 Å². The van der Waals surface area contributed by atoms with Gasteiger partial charge in [-0.1, -0.05) is 18.1 Å². The molecule has 0 bridgehead atoms. The van der Waals surface area contributed by atoms with Crippen LogP contribution < -0.4 is 0 Å². The highest BCUT2D eigenvalue weighted by atomic mass is 19.1. The number of rotatable bonds is 2. The molecule has 2 rings (SSSR count). The summed E-state index contributed by atoms with van der Waals surface area (Å²) in [7, 11) is 0. The van der Waals surface area contributed by atoms with Crippen LogP contribution in [0, 0.1) is 18.2 Å². The third kappa shape index (κ3) is 2.66. The Morgan fingerprint density at radius 2 is 1.88 bits per heavy atom. The molecule has 1 aliphatic rings. The minimum absolute atomic E-state index is 0.276. The summed E-state index contributed by atoms with van der Waals surface area (Å²) in [5, 5.41) is 10.5. The van der Waals surface area contributed by atoms with Crippen LogP contribution in [0.3, 0.4) is 0 Å². The van der Waals surface area contributed by atoms with E-state index in [4.69, 9.17) is 6.42 Å². The van der Waals surface area contributed by atoms with E-state index < -0.39 is 5.60 Å². The molecule has 1 fully saturated rings. The highest BCUT2D eigenvalue weighted by Crippen LogP contribution is 2.32. The summed E-state index contributed by atoms with van der Waals surface area (Å²) in [4.78, 5) is 2.14. The molecule has 1 N–H and O–H groups in total. The van der Waals surface area contributed by atoms with E-state index in [1.165, 1.54) is 12.1 Å². The van der Waals surface area contributed by atoms with Crippen molar-refractivity contribution in [1.82, 2.24) is 4.90 Å². The summed E-state index contributed by atoms with van der Waals surface area (Å²) in [6, 6.07) is 6.10. The number of aliphatic hydroxyl groups is 1. The Morgan fingerprint density at radius 3 is 2.41 bits per heavy atom. The Bertz CT molecular complexity index is 413. The van der Waals surface area contributed by atoms with Gasteiger partial charge in [-0.15, -0.1) is 6.42 Å². The lowest BCUT2D eigenvalue weighted by molar-refractivity contribution is -0.0230. The Balaban J connectivity index is 2.07. The van der Waals surface area contributed by atoms with E-state index in [1.54, 1.807) is 12.1 Å². The third-order valence-electron chi connectivity index (χ3n) is 3.38. The average Bonchev–Trinajstić information content (AvgIpc) is 2.33. The van der Waals surface area contributed by atoms with Gasteiger partial charge in [-0.3, -0.25) is 4.90 Å². The predicted molar refractivity (Wildman–Crippen MR) is 64.8 cm³/mol. The van der Waals surface area contributed by atoms with Gasteiger partial charge in [0, 0.05) is 13.1 Å². The van der Waals surface area contributed by atoms with Gasteiger partial charge in [-0.2, -0.15) is 0 Å². The van der Waals surface area contributed by atoms with Gasteiger partial charge < -0.3 is 5.11 Å². The zero-order valence-electron chi connectivity index (χ0n) is 9.69. The molecule has 1 aromatic carbocycles. The van der Waals surface area contributed by atoms with Crippen molar-refractivity contribution in [2.24, 2.45) is 0 Å². The quantitative estimate of drug-likeness (QED) is 0.787. The zero-order valence-corrected chi connectivity index (χ0v) is 9.69. The molecule has 1 saturated heterocycles. The number of piperidine rings is 1. The number of halogens is 1. The van der Waals surface area contributed by atoms with E-state index in [0.29, 0.717) is 19.4 Å².